The number of benzene rings is 2. The summed E-state index contributed by atoms with van der Waals surface area (Å²) >= 11 is 0. The van der Waals surface area contributed by atoms with E-state index in [2.05, 4.69) is 10.2 Å². The Bertz CT molecular complexity index is 967. The van der Waals surface area contributed by atoms with Crippen LogP contribution in [-0.4, -0.2) is 62.9 Å². The van der Waals surface area contributed by atoms with Gasteiger partial charge in [0, 0.05) is 32.2 Å². The second kappa shape index (κ2) is 8.75. The Morgan fingerprint density at radius 1 is 1.00 bits per heavy atom. The number of piperazine rings is 1. The minimum atomic E-state index is -3.58. The molecule has 1 N–H and O–H groups in total. The van der Waals surface area contributed by atoms with Crippen molar-refractivity contribution in [3.8, 4) is 5.75 Å². The first-order chi connectivity index (χ1) is 14.5. The molecular formula is C22H27N3O4S. The first-order valence-corrected chi connectivity index (χ1v) is 11.7. The van der Waals surface area contributed by atoms with Crippen LogP contribution in [0.5, 0.6) is 5.75 Å². The van der Waals surface area contributed by atoms with E-state index in [1.54, 1.807) is 31.4 Å². The van der Waals surface area contributed by atoms with Crippen molar-refractivity contribution in [3.63, 3.8) is 0 Å². The van der Waals surface area contributed by atoms with E-state index in [0.717, 1.165) is 18.4 Å². The second-order valence-corrected chi connectivity index (χ2v) is 9.65. The molecule has 1 saturated heterocycles. The molecule has 160 valence electrons. The molecule has 1 atom stereocenters. The normalized spacial score (nSPS) is 19.2. The van der Waals surface area contributed by atoms with Crippen LogP contribution in [0.4, 0.5) is 0 Å². The predicted molar refractivity (Wildman–Crippen MR) is 114 cm³/mol. The molecule has 0 radical (unpaired) electrons. The van der Waals surface area contributed by atoms with Crippen molar-refractivity contribution in [1.82, 2.24) is 14.5 Å². The number of methoxy groups -OCH3 is 1. The van der Waals surface area contributed by atoms with E-state index in [1.165, 1.54) is 4.31 Å². The molecule has 2 aliphatic rings. The van der Waals surface area contributed by atoms with Gasteiger partial charge in [-0.2, -0.15) is 4.31 Å². The largest absolute Gasteiger partial charge is 0.497 e. The molecule has 1 aliphatic carbocycles. The number of hydrogen-bond donors (Lipinski definition) is 1. The molecule has 0 spiro atoms. The van der Waals surface area contributed by atoms with Crippen LogP contribution in [0.2, 0.25) is 0 Å². The molecule has 1 heterocycles. The van der Waals surface area contributed by atoms with Crippen molar-refractivity contribution in [2.24, 2.45) is 0 Å². The van der Waals surface area contributed by atoms with Gasteiger partial charge in [0.25, 0.3) is 0 Å². The number of sulfonamides is 1. The summed E-state index contributed by atoms with van der Waals surface area (Å²) in [5, 5.41) is 3.10. The number of nitrogens with one attached hydrogen (secondary N) is 1. The Labute approximate surface area is 177 Å². The van der Waals surface area contributed by atoms with Crippen LogP contribution in [0.3, 0.4) is 0 Å². The van der Waals surface area contributed by atoms with Gasteiger partial charge in [-0.3, -0.25) is 9.69 Å². The van der Waals surface area contributed by atoms with Crippen LogP contribution in [0, 0.1) is 0 Å². The zero-order valence-electron chi connectivity index (χ0n) is 17.0. The molecule has 0 aromatic heterocycles. The lowest BCUT2D eigenvalue weighted by atomic mass is 10.0. The maximum atomic E-state index is 13.0. The number of carbonyl (C=O) groups is 1. The topological polar surface area (TPSA) is 79.0 Å². The zero-order valence-corrected chi connectivity index (χ0v) is 17.8. The second-order valence-electron chi connectivity index (χ2n) is 7.71. The third-order valence-corrected chi connectivity index (χ3v) is 7.54. The lowest BCUT2D eigenvalue weighted by Crippen LogP contribution is -2.52. The highest BCUT2D eigenvalue weighted by Gasteiger charge is 2.36. The summed E-state index contributed by atoms with van der Waals surface area (Å²) in [6.07, 6.45) is 2.06. The van der Waals surface area contributed by atoms with Crippen molar-refractivity contribution in [2.75, 3.05) is 33.3 Å². The molecule has 1 saturated carbocycles. The first kappa shape index (κ1) is 20.8. The number of ether oxygens (including phenoxy) is 1. The molecule has 2 aromatic carbocycles. The molecule has 30 heavy (non-hydrogen) atoms. The van der Waals surface area contributed by atoms with E-state index in [-0.39, 0.29) is 16.8 Å². The Balaban J connectivity index is 1.47. The van der Waals surface area contributed by atoms with Crippen LogP contribution < -0.4 is 10.1 Å². The number of hydrogen-bond acceptors (Lipinski definition) is 5. The van der Waals surface area contributed by atoms with Crippen LogP contribution in [-0.2, 0) is 14.8 Å². The van der Waals surface area contributed by atoms with Gasteiger partial charge in [-0.25, -0.2) is 8.42 Å². The number of nitrogens with zero attached hydrogens (tertiary/aromatic N) is 2. The monoisotopic (exact) mass is 429 g/mol. The summed E-state index contributed by atoms with van der Waals surface area (Å²) in [6, 6.07) is 16.0. The average molecular weight is 430 g/mol. The van der Waals surface area contributed by atoms with E-state index in [9.17, 15) is 13.2 Å². The predicted octanol–water partition coefficient (Wildman–Crippen LogP) is 2.02. The van der Waals surface area contributed by atoms with Gasteiger partial charge in [0.15, 0.2) is 0 Å². The first-order valence-electron chi connectivity index (χ1n) is 10.2. The highest BCUT2D eigenvalue weighted by molar-refractivity contribution is 7.89. The van der Waals surface area contributed by atoms with Crippen molar-refractivity contribution < 1.29 is 17.9 Å². The Hall–Kier alpha value is -2.42. The Morgan fingerprint density at radius 3 is 2.20 bits per heavy atom. The fraction of sp³-hybridized carbons (Fsp3) is 0.409. The molecule has 7 nitrogen and oxygen atoms in total. The molecule has 1 amide bonds. The molecule has 4 rings (SSSR count). The summed E-state index contributed by atoms with van der Waals surface area (Å²) in [6.45, 7) is 1.67. The standard InChI is InChI=1S/C22H27N3O4S/c1-29-19-9-11-20(12-10-19)30(27,28)25-15-13-24(14-16-25)21(17-5-3-2-4-6-17)22(26)23-18-7-8-18/h2-6,9-12,18,21H,7-8,13-16H2,1H3,(H,23,26). The Kier molecular flexibility index (Phi) is 6.08. The summed E-state index contributed by atoms with van der Waals surface area (Å²) in [5.41, 5.74) is 0.933. The highest BCUT2D eigenvalue weighted by atomic mass is 32.2. The molecule has 2 aromatic rings. The maximum Gasteiger partial charge on any atom is 0.243 e. The highest BCUT2D eigenvalue weighted by Crippen LogP contribution is 2.27. The smallest absolute Gasteiger partial charge is 0.243 e. The summed E-state index contributed by atoms with van der Waals surface area (Å²) in [7, 11) is -2.03. The summed E-state index contributed by atoms with van der Waals surface area (Å²) in [5.74, 6) is 0.612. The average Bonchev–Trinajstić information content (AvgIpc) is 3.59. The molecule has 1 aliphatic heterocycles. The van der Waals surface area contributed by atoms with Gasteiger partial charge in [0.05, 0.1) is 12.0 Å². The SMILES string of the molecule is COc1ccc(S(=O)(=O)N2CCN(C(C(=O)NC3CC3)c3ccccc3)CC2)cc1. The molecule has 1 unspecified atom stereocenters. The van der Waals surface area contributed by atoms with Gasteiger partial charge >= 0.3 is 0 Å². The van der Waals surface area contributed by atoms with Gasteiger partial charge < -0.3 is 10.1 Å². The zero-order chi connectivity index (χ0) is 21.1. The number of rotatable bonds is 7. The van der Waals surface area contributed by atoms with Crippen molar-refractivity contribution in [2.45, 2.75) is 29.8 Å². The van der Waals surface area contributed by atoms with Gasteiger partial charge in [0.2, 0.25) is 15.9 Å². The minimum absolute atomic E-state index is 0.00448. The molecule has 0 bridgehead atoms. The molecular weight excluding hydrogens is 402 g/mol. The third kappa shape index (κ3) is 4.50. The maximum absolute atomic E-state index is 13.0. The van der Waals surface area contributed by atoms with Gasteiger partial charge in [-0.05, 0) is 42.7 Å². The van der Waals surface area contributed by atoms with Crippen LogP contribution in [0.25, 0.3) is 0 Å². The van der Waals surface area contributed by atoms with Crippen molar-refractivity contribution in [3.05, 3.63) is 60.2 Å². The molecule has 2 fully saturated rings. The lowest BCUT2D eigenvalue weighted by Gasteiger charge is -2.38. The molecule has 8 heteroatoms. The van der Waals surface area contributed by atoms with Crippen LogP contribution in [0.1, 0.15) is 24.4 Å². The van der Waals surface area contributed by atoms with E-state index in [4.69, 9.17) is 4.74 Å². The van der Waals surface area contributed by atoms with E-state index in [1.807, 2.05) is 30.3 Å². The van der Waals surface area contributed by atoms with E-state index in [0.29, 0.717) is 31.9 Å². The van der Waals surface area contributed by atoms with Crippen LogP contribution >= 0.6 is 0 Å². The number of carbonyl (C=O) groups excluding carboxylic acids is 1. The fourth-order valence-electron chi connectivity index (χ4n) is 3.77. The van der Waals surface area contributed by atoms with Crippen molar-refractivity contribution in [1.29, 1.82) is 0 Å². The van der Waals surface area contributed by atoms with Gasteiger partial charge in [0.1, 0.15) is 11.8 Å². The van der Waals surface area contributed by atoms with Crippen LogP contribution in [0.15, 0.2) is 59.5 Å². The fourth-order valence-corrected chi connectivity index (χ4v) is 5.19. The van der Waals surface area contributed by atoms with E-state index >= 15 is 0 Å². The third-order valence-electron chi connectivity index (χ3n) is 5.62. The summed E-state index contributed by atoms with van der Waals surface area (Å²) in [4.78, 5) is 15.3. The van der Waals surface area contributed by atoms with E-state index < -0.39 is 16.1 Å². The van der Waals surface area contributed by atoms with Crippen molar-refractivity contribution >= 4 is 15.9 Å². The van der Waals surface area contributed by atoms with Gasteiger partial charge in [-0.1, -0.05) is 30.3 Å². The Morgan fingerprint density at radius 2 is 1.63 bits per heavy atom. The van der Waals surface area contributed by atoms with Gasteiger partial charge in [-0.15, -0.1) is 0 Å². The lowest BCUT2D eigenvalue weighted by molar-refractivity contribution is -0.127. The minimum Gasteiger partial charge on any atom is -0.497 e. The quantitative estimate of drug-likeness (QED) is 0.729. The number of amides is 1. The summed E-state index contributed by atoms with van der Waals surface area (Å²) < 4.78 is 32.6.